The number of nitrogens with one attached hydrogen (secondary N) is 1. The maximum atomic E-state index is 11.7. The summed E-state index contributed by atoms with van der Waals surface area (Å²) in [6, 6.07) is 1.86. The molecule has 13 heavy (non-hydrogen) atoms. The van der Waals surface area contributed by atoms with Crippen molar-refractivity contribution < 1.29 is 4.79 Å². The monoisotopic (exact) mass is 196 g/mol. The Morgan fingerprint density at radius 2 is 2.46 bits per heavy atom. The molecule has 0 radical (unpaired) electrons. The molecule has 0 saturated carbocycles. The predicted octanol–water partition coefficient (Wildman–Crippen LogP) is 1.49. The van der Waals surface area contributed by atoms with Crippen LogP contribution < -0.4 is 5.43 Å². The fraction of sp³-hybridized carbons (Fsp3) is 0.444. The van der Waals surface area contributed by atoms with Crippen molar-refractivity contribution in [1.82, 2.24) is 10.4 Å². The summed E-state index contributed by atoms with van der Waals surface area (Å²) in [7, 11) is 0. The first-order valence-electron chi connectivity index (χ1n) is 4.45. The van der Waals surface area contributed by atoms with Crippen LogP contribution in [0, 0.1) is 0 Å². The number of hydrogen-bond donors (Lipinski definition) is 1. The topological polar surface area (TPSA) is 32.3 Å². The molecule has 1 saturated heterocycles. The van der Waals surface area contributed by atoms with Gasteiger partial charge in [-0.3, -0.25) is 9.80 Å². The van der Waals surface area contributed by atoms with E-state index in [0.717, 1.165) is 31.5 Å². The lowest BCUT2D eigenvalue weighted by atomic mass is 10.2. The van der Waals surface area contributed by atoms with Crippen LogP contribution in [0.2, 0.25) is 0 Å². The minimum atomic E-state index is 0.0981. The fourth-order valence-corrected chi connectivity index (χ4v) is 2.03. The van der Waals surface area contributed by atoms with Gasteiger partial charge in [-0.25, -0.2) is 5.43 Å². The summed E-state index contributed by atoms with van der Waals surface area (Å²) < 4.78 is 0. The molecule has 1 aliphatic heterocycles. The summed E-state index contributed by atoms with van der Waals surface area (Å²) in [5, 5.41) is 5.53. The van der Waals surface area contributed by atoms with E-state index >= 15 is 0 Å². The maximum Gasteiger partial charge on any atom is 0.268 e. The molecule has 1 N–H and O–H groups in total. The highest BCUT2D eigenvalue weighted by atomic mass is 32.1. The molecular weight excluding hydrogens is 184 g/mol. The Bertz CT molecular complexity index is 278. The van der Waals surface area contributed by atoms with Crippen molar-refractivity contribution in [3.05, 3.63) is 22.4 Å². The van der Waals surface area contributed by atoms with Gasteiger partial charge in [0, 0.05) is 18.5 Å². The summed E-state index contributed by atoms with van der Waals surface area (Å²) in [6.45, 7) is 1.74. The zero-order chi connectivity index (χ0) is 9.10. The number of rotatable bonds is 1. The predicted molar refractivity (Wildman–Crippen MR) is 52.6 cm³/mol. The van der Waals surface area contributed by atoms with Gasteiger partial charge >= 0.3 is 0 Å². The summed E-state index contributed by atoms with van der Waals surface area (Å²) in [5.41, 5.74) is 3.89. The molecule has 1 fully saturated rings. The van der Waals surface area contributed by atoms with E-state index in [-0.39, 0.29) is 5.91 Å². The summed E-state index contributed by atoms with van der Waals surface area (Å²) in [6.07, 6.45) is 2.26. The third kappa shape index (κ3) is 1.89. The van der Waals surface area contributed by atoms with Crippen molar-refractivity contribution >= 4 is 17.2 Å². The number of hydrogen-bond acceptors (Lipinski definition) is 3. The second-order valence-corrected chi connectivity index (χ2v) is 3.86. The van der Waals surface area contributed by atoms with Crippen LogP contribution in [0.1, 0.15) is 23.2 Å². The van der Waals surface area contributed by atoms with Crippen LogP contribution in [-0.4, -0.2) is 24.0 Å². The van der Waals surface area contributed by atoms with Gasteiger partial charge in [0.25, 0.3) is 5.91 Å². The van der Waals surface area contributed by atoms with Crippen molar-refractivity contribution in [3.8, 4) is 0 Å². The smallest absolute Gasteiger partial charge is 0.268 e. The molecule has 2 rings (SSSR count). The van der Waals surface area contributed by atoms with E-state index in [0.29, 0.717) is 0 Å². The molecule has 0 bridgehead atoms. The first kappa shape index (κ1) is 8.72. The molecule has 2 heterocycles. The van der Waals surface area contributed by atoms with Crippen molar-refractivity contribution in [3.63, 3.8) is 0 Å². The quantitative estimate of drug-likeness (QED) is 0.738. The molecule has 1 aromatic heterocycles. The van der Waals surface area contributed by atoms with Crippen molar-refractivity contribution in [2.45, 2.75) is 12.8 Å². The zero-order valence-corrected chi connectivity index (χ0v) is 8.14. The van der Waals surface area contributed by atoms with Gasteiger partial charge in [-0.05, 0) is 24.3 Å². The van der Waals surface area contributed by atoms with Gasteiger partial charge in [-0.15, -0.1) is 0 Å². The summed E-state index contributed by atoms with van der Waals surface area (Å²) >= 11 is 1.56. The Hall–Kier alpha value is -0.870. The third-order valence-electron chi connectivity index (χ3n) is 2.12. The third-order valence-corrected chi connectivity index (χ3v) is 2.81. The molecule has 3 nitrogen and oxygen atoms in total. The standard InChI is InChI=1S/C9H12N2OS/c12-9(8-3-6-13-7-8)11-5-2-1-4-10-11/h3,6-7,10H,1-2,4-5H2. The summed E-state index contributed by atoms with van der Waals surface area (Å²) in [4.78, 5) is 11.7. The van der Waals surface area contributed by atoms with Gasteiger partial charge in [0.2, 0.25) is 0 Å². The molecule has 70 valence electrons. The van der Waals surface area contributed by atoms with Crippen LogP contribution >= 0.6 is 11.3 Å². The Balaban J connectivity index is 2.04. The molecule has 0 unspecified atom stereocenters. The van der Waals surface area contributed by atoms with Crippen LogP contribution in [0.15, 0.2) is 16.8 Å². The number of amides is 1. The Morgan fingerprint density at radius 3 is 3.08 bits per heavy atom. The Labute approximate surface area is 81.3 Å². The van der Waals surface area contributed by atoms with Crippen LogP contribution in [0.3, 0.4) is 0 Å². The Morgan fingerprint density at radius 1 is 1.54 bits per heavy atom. The van der Waals surface area contributed by atoms with Crippen molar-refractivity contribution in [2.24, 2.45) is 0 Å². The normalized spacial score (nSPS) is 17.4. The highest BCUT2D eigenvalue weighted by molar-refractivity contribution is 7.08. The number of hydrazine groups is 1. The molecule has 1 aromatic rings. The van der Waals surface area contributed by atoms with E-state index in [1.54, 1.807) is 16.3 Å². The average Bonchev–Trinajstić information content (AvgIpc) is 2.71. The molecule has 0 atom stereocenters. The minimum absolute atomic E-state index is 0.0981. The highest BCUT2D eigenvalue weighted by Crippen LogP contribution is 2.10. The molecule has 1 aliphatic rings. The molecule has 0 aliphatic carbocycles. The van der Waals surface area contributed by atoms with Crippen LogP contribution in [0.4, 0.5) is 0 Å². The second kappa shape index (κ2) is 3.89. The lowest BCUT2D eigenvalue weighted by molar-refractivity contribution is 0.0611. The number of nitrogens with zero attached hydrogens (tertiary/aromatic N) is 1. The van der Waals surface area contributed by atoms with Gasteiger partial charge in [0.05, 0.1) is 5.56 Å². The highest BCUT2D eigenvalue weighted by Gasteiger charge is 2.17. The first-order chi connectivity index (χ1) is 6.38. The second-order valence-electron chi connectivity index (χ2n) is 3.08. The number of carbonyl (C=O) groups is 1. The summed E-state index contributed by atoms with van der Waals surface area (Å²) in [5.74, 6) is 0.0981. The van der Waals surface area contributed by atoms with Gasteiger partial charge in [-0.1, -0.05) is 0 Å². The lowest BCUT2D eigenvalue weighted by Gasteiger charge is -2.27. The largest absolute Gasteiger partial charge is 0.274 e. The van der Waals surface area contributed by atoms with Gasteiger partial charge in [0.1, 0.15) is 0 Å². The van der Waals surface area contributed by atoms with Crippen molar-refractivity contribution in [2.75, 3.05) is 13.1 Å². The van der Waals surface area contributed by atoms with E-state index in [9.17, 15) is 4.79 Å². The van der Waals surface area contributed by atoms with Gasteiger partial charge < -0.3 is 0 Å². The van der Waals surface area contributed by atoms with E-state index in [1.165, 1.54) is 0 Å². The average molecular weight is 196 g/mol. The SMILES string of the molecule is O=C(c1ccsc1)N1CCCCN1. The van der Waals surface area contributed by atoms with E-state index in [1.807, 2.05) is 16.8 Å². The zero-order valence-electron chi connectivity index (χ0n) is 7.32. The van der Waals surface area contributed by atoms with Crippen LogP contribution in [0.5, 0.6) is 0 Å². The van der Waals surface area contributed by atoms with E-state index in [4.69, 9.17) is 0 Å². The van der Waals surface area contributed by atoms with Crippen LogP contribution in [-0.2, 0) is 0 Å². The Kier molecular flexibility index (Phi) is 2.61. The van der Waals surface area contributed by atoms with Gasteiger partial charge in [-0.2, -0.15) is 11.3 Å². The maximum absolute atomic E-state index is 11.7. The van der Waals surface area contributed by atoms with Crippen molar-refractivity contribution in [1.29, 1.82) is 0 Å². The molecule has 1 amide bonds. The molecule has 4 heteroatoms. The van der Waals surface area contributed by atoms with Crippen LogP contribution in [0.25, 0.3) is 0 Å². The molecular formula is C9H12N2OS. The van der Waals surface area contributed by atoms with Gasteiger partial charge in [0.15, 0.2) is 0 Å². The fourth-order valence-electron chi connectivity index (χ4n) is 1.40. The first-order valence-corrected chi connectivity index (χ1v) is 5.40. The van der Waals surface area contributed by atoms with E-state index in [2.05, 4.69) is 5.43 Å². The number of carbonyl (C=O) groups excluding carboxylic acids is 1. The minimum Gasteiger partial charge on any atom is -0.274 e. The van der Waals surface area contributed by atoms with E-state index < -0.39 is 0 Å². The lowest BCUT2D eigenvalue weighted by Crippen LogP contribution is -2.46. The molecule has 0 aromatic carbocycles. The number of thiophene rings is 1. The molecule has 0 spiro atoms.